The van der Waals surface area contributed by atoms with Gasteiger partial charge in [0.1, 0.15) is 13.2 Å². The lowest BCUT2D eigenvalue weighted by Gasteiger charge is -2.21. The van der Waals surface area contributed by atoms with Crippen molar-refractivity contribution < 1.29 is 18.1 Å². The first kappa shape index (κ1) is 12.9. The monoisotopic (exact) mass is 210 g/mol. The summed E-state index contributed by atoms with van der Waals surface area (Å²) in [7, 11) is 4.14. The second-order valence-electron chi connectivity index (χ2n) is 3.69. The fourth-order valence-electron chi connectivity index (χ4n) is 0.554. The Kier molecular flexibility index (Phi) is 6.37. The minimum absolute atomic E-state index is 0.277. The van der Waals surface area contributed by atoms with Crippen molar-refractivity contribution in [2.24, 2.45) is 5.73 Å². The van der Waals surface area contributed by atoms with Crippen LogP contribution in [0.25, 0.3) is 0 Å². The molecule has 2 N–H and O–H groups in total. The molecule has 5 nitrogen and oxygen atoms in total. The van der Waals surface area contributed by atoms with Gasteiger partial charge in [-0.25, -0.2) is 0 Å². The van der Waals surface area contributed by atoms with Crippen LogP contribution in [0.5, 0.6) is 0 Å². The fraction of sp³-hybridized carbons (Fsp3) is 1.00. The maximum absolute atomic E-state index is 10.9. The number of hydrogen-bond acceptors (Lipinski definition) is 4. The maximum Gasteiger partial charge on any atom is 0.697 e. The molecule has 78 valence electrons. The minimum atomic E-state index is -1.98. The van der Waals surface area contributed by atoms with Crippen molar-refractivity contribution in [3.8, 4) is 0 Å². The second-order valence-corrected chi connectivity index (χ2v) is 4.66. The Morgan fingerprint density at radius 2 is 1.77 bits per heavy atom. The molecule has 0 spiro atoms. The standard InChI is InChI=1S/C7H19N2O3P/c1-9(2,3)5-7-12-13(10)11-6-4-8/h4-8H2,1-3H3/q+2. The Bertz CT molecular complexity index is 158. The SMILES string of the molecule is C[N+](C)(C)CCO[P+](=O)OCCN. The van der Waals surface area contributed by atoms with Crippen LogP contribution in [0.3, 0.4) is 0 Å². The number of quaternary nitrogens is 1. The van der Waals surface area contributed by atoms with E-state index in [4.69, 9.17) is 14.8 Å². The van der Waals surface area contributed by atoms with Crippen molar-refractivity contribution in [1.29, 1.82) is 0 Å². The molecule has 0 bridgehead atoms. The Morgan fingerprint density at radius 3 is 2.23 bits per heavy atom. The van der Waals surface area contributed by atoms with E-state index in [2.05, 4.69) is 0 Å². The molecule has 0 saturated heterocycles. The van der Waals surface area contributed by atoms with Gasteiger partial charge in [0.2, 0.25) is 0 Å². The van der Waals surface area contributed by atoms with Gasteiger partial charge in [-0.1, -0.05) is 0 Å². The fourth-order valence-corrected chi connectivity index (χ4v) is 1.11. The van der Waals surface area contributed by atoms with Gasteiger partial charge in [-0.15, -0.1) is 9.05 Å². The van der Waals surface area contributed by atoms with Gasteiger partial charge in [-0.2, -0.15) is 0 Å². The number of hydrogen-bond donors (Lipinski definition) is 1. The molecule has 0 amide bonds. The van der Waals surface area contributed by atoms with Crippen molar-refractivity contribution in [1.82, 2.24) is 0 Å². The lowest BCUT2D eigenvalue weighted by atomic mass is 10.5. The highest BCUT2D eigenvalue weighted by molar-refractivity contribution is 7.33. The molecule has 0 fully saturated rings. The molecule has 1 atom stereocenters. The molecule has 6 heteroatoms. The van der Waals surface area contributed by atoms with Crippen LogP contribution in [0.2, 0.25) is 0 Å². The summed E-state index contributed by atoms with van der Waals surface area (Å²) in [4.78, 5) is 0. The molecule has 13 heavy (non-hydrogen) atoms. The molecule has 0 aliphatic carbocycles. The quantitative estimate of drug-likeness (QED) is 0.486. The Labute approximate surface area is 80.3 Å². The number of nitrogens with two attached hydrogens (primary N) is 1. The summed E-state index contributed by atoms with van der Waals surface area (Å²) in [6, 6.07) is 0. The van der Waals surface area contributed by atoms with Crippen LogP contribution in [0.1, 0.15) is 0 Å². The number of rotatable bonds is 7. The summed E-state index contributed by atoms with van der Waals surface area (Å²) in [6.07, 6.45) is 0. The average molecular weight is 210 g/mol. The Morgan fingerprint density at radius 1 is 1.23 bits per heavy atom. The van der Waals surface area contributed by atoms with E-state index in [-0.39, 0.29) is 6.61 Å². The molecule has 0 aromatic carbocycles. The Balaban J connectivity index is 3.37. The molecule has 0 rings (SSSR count). The number of nitrogens with zero attached hydrogens (tertiary/aromatic N) is 1. The lowest BCUT2D eigenvalue weighted by molar-refractivity contribution is -0.870. The van der Waals surface area contributed by atoms with E-state index in [0.717, 1.165) is 11.0 Å². The van der Waals surface area contributed by atoms with Gasteiger partial charge >= 0.3 is 8.25 Å². The van der Waals surface area contributed by atoms with Crippen LogP contribution < -0.4 is 5.73 Å². The van der Waals surface area contributed by atoms with Crippen LogP contribution in [0, 0.1) is 0 Å². The lowest BCUT2D eigenvalue weighted by Crippen LogP contribution is -2.37. The van der Waals surface area contributed by atoms with Crippen molar-refractivity contribution >= 4 is 8.25 Å². The molecule has 0 saturated carbocycles. The first-order valence-corrected chi connectivity index (χ1v) is 5.29. The first-order chi connectivity index (χ1) is 5.95. The van der Waals surface area contributed by atoms with E-state index in [1.807, 2.05) is 21.1 Å². The van der Waals surface area contributed by atoms with Gasteiger partial charge < -0.3 is 10.2 Å². The van der Waals surface area contributed by atoms with Crippen molar-refractivity contribution in [2.45, 2.75) is 0 Å². The molecular weight excluding hydrogens is 191 g/mol. The minimum Gasteiger partial charge on any atom is -0.329 e. The summed E-state index contributed by atoms with van der Waals surface area (Å²) in [5.41, 5.74) is 5.16. The third kappa shape index (κ3) is 9.86. The maximum atomic E-state index is 10.9. The van der Waals surface area contributed by atoms with Crippen molar-refractivity contribution in [3.63, 3.8) is 0 Å². The molecule has 0 heterocycles. The summed E-state index contributed by atoms with van der Waals surface area (Å²) in [5, 5.41) is 0. The summed E-state index contributed by atoms with van der Waals surface area (Å²) < 4.78 is 21.4. The van der Waals surface area contributed by atoms with E-state index in [0.29, 0.717) is 13.2 Å². The average Bonchev–Trinajstić information content (AvgIpc) is 1.98. The molecule has 0 aliphatic heterocycles. The topological polar surface area (TPSA) is 61.5 Å². The molecule has 0 radical (unpaired) electrons. The van der Waals surface area contributed by atoms with E-state index in [1.54, 1.807) is 0 Å². The summed E-state index contributed by atoms with van der Waals surface area (Å²) >= 11 is 0. The van der Waals surface area contributed by atoms with E-state index >= 15 is 0 Å². The zero-order chi connectivity index (χ0) is 10.3. The van der Waals surface area contributed by atoms with Gasteiger partial charge in [-0.05, 0) is 0 Å². The van der Waals surface area contributed by atoms with Crippen LogP contribution in [-0.4, -0.2) is 51.9 Å². The zero-order valence-corrected chi connectivity index (χ0v) is 9.42. The van der Waals surface area contributed by atoms with Crippen LogP contribution in [0.4, 0.5) is 0 Å². The van der Waals surface area contributed by atoms with Crippen LogP contribution >= 0.6 is 8.25 Å². The van der Waals surface area contributed by atoms with Gasteiger partial charge in [0, 0.05) is 11.1 Å². The van der Waals surface area contributed by atoms with Gasteiger partial charge in [0.05, 0.1) is 21.1 Å². The molecule has 0 aliphatic rings. The summed E-state index contributed by atoms with van der Waals surface area (Å²) in [6.45, 7) is 1.87. The highest BCUT2D eigenvalue weighted by atomic mass is 31.1. The molecular formula is C7H19N2O3P+2. The predicted molar refractivity (Wildman–Crippen MR) is 51.5 cm³/mol. The molecule has 0 aromatic rings. The third-order valence-electron chi connectivity index (χ3n) is 1.27. The zero-order valence-electron chi connectivity index (χ0n) is 8.52. The van der Waals surface area contributed by atoms with Crippen molar-refractivity contribution in [3.05, 3.63) is 0 Å². The van der Waals surface area contributed by atoms with E-state index < -0.39 is 8.25 Å². The van der Waals surface area contributed by atoms with Gasteiger partial charge in [0.15, 0.2) is 6.61 Å². The van der Waals surface area contributed by atoms with Gasteiger partial charge in [0.25, 0.3) is 0 Å². The smallest absolute Gasteiger partial charge is 0.329 e. The second kappa shape index (κ2) is 6.40. The normalized spacial score (nSPS) is 13.1. The largest absolute Gasteiger partial charge is 0.697 e. The third-order valence-corrected chi connectivity index (χ3v) is 2.06. The first-order valence-electron chi connectivity index (χ1n) is 4.19. The van der Waals surface area contributed by atoms with Crippen LogP contribution in [0.15, 0.2) is 0 Å². The number of likely N-dealkylation sites (N-methyl/N-ethyl adjacent to an activating group) is 1. The molecule has 0 aromatic heterocycles. The van der Waals surface area contributed by atoms with Crippen LogP contribution in [-0.2, 0) is 13.6 Å². The summed E-state index contributed by atoms with van der Waals surface area (Å²) in [5.74, 6) is 0. The van der Waals surface area contributed by atoms with Crippen molar-refractivity contribution in [2.75, 3.05) is 47.4 Å². The molecule has 1 unspecified atom stereocenters. The van der Waals surface area contributed by atoms with E-state index in [1.165, 1.54) is 0 Å². The van der Waals surface area contributed by atoms with E-state index in [9.17, 15) is 4.57 Å². The highest BCUT2D eigenvalue weighted by Crippen LogP contribution is 2.22. The Hall–Kier alpha value is -0.0600. The van der Waals surface area contributed by atoms with Gasteiger partial charge in [-0.3, -0.25) is 0 Å². The predicted octanol–water partition coefficient (Wildman–Crippen LogP) is 0.342. The highest BCUT2D eigenvalue weighted by Gasteiger charge is 2.21.